The summed E-state index contributed by atoms with van der Waals surface area (Å²) in [6, 6.07) is 0. The Morgan fingerprint density at radius 3 is 2.37 bits per heavy atom. The van der Waals surface area contributed by atoms with Crippen LogP contribution in [0.2, 0.25) is 5.04 Å². The number of nitrogens with zero attached hydrogens (tertiary/aromatic N) is 2. The second-order valence-electron chi connectivity index (χ2n) is 10.1. The number of carbonyl (C=O) groups is 1. The molecule has 0 fully saturated rings. The minimum Gasteiger partial charge on any atom is -0.493 e. The van der Waals surface area contributed by atoms with Crippen LogP contribution in [-0.4, -0.2) is 42.9 Å². The summed E-state index contributed by atoms with van der Waals surface area (Å²) < 4.78 is 6.32. The Hall–Kier alpha value is -1.67. The second kappa shape index (κ2) is 7.39. The van der Waals surface area contributed by atoms with Crippen molar-refractivity contribution in [3.05, 3.63) is 5.56 Å². The summed E-state index contributed by atoms with van der Waals surface area (Å²) in [6.07, 6.45) is 0.632. The first kappa shape index (κ1) is 21.6. The number of aromatic hydroxyl groups is 1. The fourth-order valence-corrected chi connectivity index (χ4v) is 3.74. The Morgan fingerprint density at radius 1 is 1.19 bits per heavy atom. The SMILES string of the molecule is CC(C)(C)[SiH2]OC(C)(C)C1CNc2nc(NC(=O)C(C)(C)C)nc(O)c2C1. The number of hydrogen-bond donors (Lipinski definition) is 3. The van der Waals surface area contributed by atoms with Gasteiger partial charge in [0.2, 0.25) is 17.7 Å². The maximum atomic E-state index is 12.1. The van der Waals surface area contributed by atoms with Crippen LogP contribution in [0.1, 0.15) is 61.0 Å². The molecule has 0 saturated carbocycles. The lowest BCUT2D eigenvalue weighted by atomic mass is 9.84. The lowest BCUT2D eigenvalue weighted by Gasteiger charge is -2.39. The normalized spacial score (nSPS) is 18.3. The van der Waals surface area contributed by atoms with Gasteiger partial charge in [0.15, 0.2) is 9.76 Å². The molecule has 152 valence electrons. The van der Waals surface area contributed by atoms with E-state index in [0.717, 1.165) is 0 Å². The van der Waals surface area contributed by atoms with Crippen molar-refractivity contribution in [1.29, 1.82) is 0 Å². The van der Waals surface area contributed by atoms with E-state index in [1.165, 1.54) is 0 Å². The van der Waals surface area contributed by atoms with Crippen LogP contribution in [0.4, 0.5) is 11.8 Å². The Morgan fingerprint density at radius 2 is 1.81 bits per heavy atom. The number of anilines is 2. The molecule has 0 saturated heterocycles. The van der Waals surface area contributed by atoms with Gasteiger partial charge in [-0.25, -0.2) is 0 Å². The highest BCUT2D eigenvalue weighted by Gasteiger charge is 2.36. The molecule has 2 heterocycles. The van der Waals surface area contributed by atoms with E-state index in [2.05, 4.69) is 55.2 Å². The van der Waals surface area contributed by atoms with E-state index in [4.69, 9.17) is 4.43 Å². The maximum Gasteiger partial charge on any atom is 0.234 e. The van der Waals surface area contributed by atoms with Crippen molar-refractivity contribution in [3.63, 3.8) is 0 Å². The average Bonchev–Trinajstić information content (AvgIpc) is 2.51. The van der Waals surface area contributed by atoms with Gasteiger partial charge in [-0.2, -0.15) is 9.97 Å². The summed E-state index contributed by atoms with van der Waals surface area (Å²) in [7, 11) is -0.687. The zero-order chi connectivity index (χ0) is 20.6. The third kappa shape index (κ3) is 5.65. The molecule has 3 N–H and O–H groups in total. The monoisotopic (exact) mass is 394 g/mol. The van der Waals surface area contributed by atoms with E-state index in [1.807, 2.05) is 20.8 Å². The Bertz CT molecular complexity index is 708. The average molecular weight is 395 g/mol. The number of fused-ring (bicyclic) bond motifs is 1. The van der Waals surface area contributed by atoms with Crippen molar-refractivity contribution in [2.45, 2.75) is 72.5 Å². The Labute approximate surface area is 164 Å². The molecule has 0 aromatic carbocycles. The van der Waals surface area contributed by atoms with Gasteiger partial charge in [-0.05, 0) is 25.3 Å². The maximum absolute atomic E-state index is 12.1. The molecule has 1 aliphatic heterocycles. The number of rotatable bonds is 4. The molecule has 1 aliphatic rings. The second-order valence-corrected chi connectivity index (χ2v) is 12.8. The summed E-state index contributed by atoms with van der Waals surface area (Å²) in [6.45, 7) is 17.0. The van der Waals surface area contributed by atoms with Crippen molar-refractivity contribution in [2.75, 3.05) is 17.2 Å². The van der Waals surface area contributed by atoms with Gasteiger partial charge in [-0.3, -0.25) is 10.1 Å². The van der Waals surface area contributed by atoms with Crippen LogP contribution in [-0.2, 0) is 15.6 Å². The molecule has 0 bridgehead atoms. The lowest BCUT2D eigenvalue weighted by molar-refractivity contribution is -0.123. The Balaban J connectivity index is 2.15. The van der Waals surface area contributed by atoms with E-state index >= 15 is 0 Å². The third-order valence-corrected chi connectivity index (χ3v) is 6.47. The topological polar surface area (TPSA) is 96.4 Å². The summed E-state index contributed by atoms with van der Waals surface area (Å²) in [5.74, 6) is 0.603. The van der Waals surface area contributed by atoms with Crippen LogP contribution in [0.5, 0.6) is 5.88 Å². The molecule has 8 heteroatoms. The Kier molecular flexibility index (Phi) is 5.92. The molecular weight excluding hydrogens is 360 g/mol. The summed E-state index contributed by atoms with van der Waals surface area (Å²) in [5, 5.41) is 16.6. The molecular formula is C19H34N4O3Si. The fraction of sp³-hybridized carbons (Fsp3) is 0.737. The molecule has 1 aromatic rings. The van der Waals surface area contributed by atoms with Gasteiger partial charge in [-0.15, -0.1) is 0 Å². The van der Waals surface area contributed by atoms with Gasteiger partial charge < -0.3 is 14.8 Å². The van der Waals surface area contributed by atoms with Crippen molar-refractivity contribution >= 4 is 27.4 Å². The number of aromatic nitrogens is 2. The molecule has 1 atom stereocenters. The molecule has 0 aliphatic carbocycles. The minimum absolute atomic E-state index is 0.0923. The molecule has 27 heavy (non-hydrogen) atoms. The smallest absolute Gasteiger partial charge is 0.234 e. The van der Waals surface area contributed by atoms with E-state index in [9.17, 15) is 9.90 Å². The summed E-state index contributed by atoms with van der Waals surface area (Å²) >= 11 is 0. The lowest BCUT2D eigenvalue weighted by Crippen LogP contribution is -2.44. The number of nitrogens with one attached hydrogen (secondary N) is 2. The first-order valence-electron chi connectivity index (χ1n) is 9.48. The quantitative estimate of drug-likeness (QED) is 0.680. The molecule has 1 aromatic heterocycles. The summed E-state index contributed by atoms with van der Waals surface area (Å²) in [5.41, 5.74) is -0.185. The molecule has 0 radical (unpaired) electrons. The van der Waals surface area contributed by atoms with Crippen LogP contribution in [0, 0.1) is 11.3 Å². The zero-order valence-corrected chi connectivity index (χ0v) is 19.3. The molecule has 7 nitrogen and oxygen atoms in total. The van der Waals surface area contributed by atoms with E-state index in [-0.39, 0.29) is 34.3 Å². The minimum atomic E-state index is -0.687. The van der Waals surface area contributed by atoms with Crippen LogP contribution in [0.25, 0.3) is 0 Å². The van der Waals surface area contributed by atoms with Crippen molar-refractivity contribution in [1.82, 2.24) is 9.97 Å². The number of amides is 1. The molecule has 1 unspecified atom stereocenters. The van der Waals surface area contributed by atoms with Gasteiger partial charge in [0.05, 0.1) is 11.2 Å². The standard InChI is InChI=1S/C19H34N4O3Si/c1-17(2,3)15(25)23-16-21-13-12(14(24)22-16)9-11(10-20-13)19(7,8)26-27-18(4,5)6/h11H,9-10,27H2,1-8H3,(H3,20,21,22,23,24,25). The molecule has 1 amide bonds. The number of carbonyl (C=O) groups excluding carboxylic acids is 1. The summed E-state index contributed by atoms with van der Waals surface area (Å²) in [4.78, 5) is 20.6. The van der Waals surface area contributed by atoms with Crippen LogP contribution >= 0.6 is 0 Å². The van der Waals surface area contributed by atoms with E-state index in [1.54, 1.807) is 0 Å². The first-order valence-corrected chi connectivity index (χ1v) is 10.8. The highest BCUT2D eigenvalue weighted by molar-refractivity contribution is 6.31. The first-order chi connectivity index (χ1) is 12.2. The van der Waals surface area contributed by atoms with Gasteiger partial charge >= 0.3 is 0 Å². The van der Waals surface area contributed by atoms with Crippen LogP contribution in [0.15, 0.2) is 0 Å². The highest BCUT2D eigenvalue weighted by atomic mass is 28.2. The van der Waals surface area contributed by atoms with Gasteiger partial charge in [-0.1, -0.05) is 41.5 Å². The van der Waals surface area contributed by atoms with Crippen molar-refractivity contribution < 1.29 is 14.3 Å². The zero-order valence-electron chi connectivity index (χ0n) is 17.9. The molecule has 0 spiro atoms. The largest absolute Gasteiger partial charge is 0.493 e. The van der Waals surface area contributed by atoms with Crippen LogP contribution < -0.4 is 10.6 Å². The van der Waals surface area contributed by atoms with Gasteiger partial charge in [0.25, 0.3) is 0 Å². The van der Waals surface area contributed by atoms with E-state index < -0.39 is 15.2 Å². The number of hydrogen-bond acceptors (Lipinski definition) is 6. The predicted octanol–water partition coefficient (Wildman–Crippen LogP) is 2.85. The van der Waals surface area contributed by atoms with Crippen molar-refractivity contribution in [3.8, 4) is 5.88 Å². The van der Waals surface area contributed by atoms with Crippen molar-refractivity contribution in [2.24, 2.45) is 11.3 Å². The third-order valence-electron chi connectivity index (χ3n) is 4.72. The van der Waals surface area contributed by atoms with Gasteiger partial charge in [0, 0.05) is 17.9 Å². The van der Waals surface area contributed by atoms with Crippen LogP contribution in [0.3, 0.4) is 0 Å². The fourth-order valence-electron chi connectivity index (χ4n) is 2.70. The van der Waals surface area contributed by atoms with Gasteiger partial charge in [0.1, 0.15) is 5.82 Å². The predicted molar refractivity (Wildman–Crippen MR) is 111 cm³/mol. The van der Waals surface area contributed by atoms with E-state index in [0.29, 0.717) is 24.3 Å². The molecule has 2 rings (SSSR count). The highest BCUT2D eigenvalue weighted by Crippen LogP contribution is 2.36.